The van der Waals surface area contributed by atoms with E-state index in [0.717, 1.165) is 64.2 Å². The minimum Gasteiger partial charge on any atom is -0.756 e. The Morgan fingerprint density at radius 1 is 0.432 bits per heavy atom. The number of phosphoric acid groups is 1. The summed E-state index contributed by atoms with van der Waals surface area (Å²) in [5, 5.41) is 3.04. The summed E-state index contributed by atoms with van der Waals surface area (Å²) in [5.41, 5.74) is 0. The number of carbonyl (C=O) groups excluding carboxylic acids is 2. The zero-order valence-electron chi connectivity index (χ0n) is 54.5. The van der Waals surface area contributed by atoms with Crippen LogP contribution in [-0.2, 0) is 27.9 Å². The molecule has 0 aromatic rings. The number of hydrogen-bond donors (Lipinski definition) is 1. The van der Waals surface area contributed by atoms with E-state index < -0.39 is 20.0 Å². The molecule has 3 unspecified atom stereocenters. The predicted octanol–water partition coefficient (Wildman–Crippen LogP) is 21.4. The standard InChI is InChI=1S/C71H135N2O7P/c1-7-10-13-16-19-22-25-27-29-31-33-35-36-38-39-41-43-45-48-51-54-57-60-63-70(74)72-68(67-79-81(76,77)78-66-65-73(4,5)6)69(62-59-56-53-50-47-24-21-18-15-12-9-3)80-71(75)64-61-58-55-52-49-46-44-42-40-37-34-32-30-28-26-23-20-17-14-11-8-2/h19,22,27-30,59,62,68-69H,7-18,20-21,23-26,31-58,60-61,63-67H2,1-6H3,(H-,72,74,76,77)/b22-19-,29-27-,30-28+,62-59+. The van der Waals surface area contributed by atoms with Crippen molar-refractivity contribution in [1.29, 1.82) is 0 Å². The smallest absolute Gasteiger partial charge is 0.306 e. The Hall–Kier alpha value is -2.03. The van der Waals surface area contributed by atoms with Crippen molar-refractivity contribution in [1.82, 2.24) is 5.32 Å². The van der Waals surface area contributed by atoms with Gasteiger partial charge in [0, 0.05) is 12.8 Å². The first-order valence-corrected chi connectivity index (χ1v) is 36.4. The maximum Gasteiger partial charge on any atom is 0.306 e. The van der Waals surface area contributed by atoms with Gasteiger partial charge in [0.05, 0.1) is 33.8 Å². The molecule has 10 heteroatoms. The largest absolute Gasteiger partial charge is 0.756 e. The molecule has 1 N–H and O–H groups in total. The number of hydrogen-bond acceptors (Lipinski definition) is 7. The van der Waals surface area contributed by atoms with Crippen molar-refractivity contribution >= 4 is 19.7 Å². The first kappa shape index (κ1) is 79.0. The molecule has 0 bridgehead atoms. The maximum absolute atomic E-state index is 13.6. The SMILES string of the molecule is CCCCC/C=C\C/C=C\CCCCCCCCCCCCCCCC(=O)NC(COP(=O)([O-])OCC[N+](C)(C)C)C(/C=C/CCCCCCCCCCC)OC(=O)CCCCCCCCCCCCC/C=C/CCCCCCCC. The Morgan fingerprint density at radius 3 is 1.15 bits per heavy atom. The third-order valence-corrected chi connectivity index (χ3v) is 16.7. The van der Waals surface area contributed by atoms with Crippen molar-refractivity contribution in [2.24, 2.45) is 0 Å². The number of esters is 1. The van der Waals surface area contributed by atoms with E-state index in [-0.39, 0.29) is 31.5 Å². The van der Waals surface area contributed by atoms with Crippen LogP contribution < -0.4 is 10.2 Å². The van der Waals surface area contributed by atoms with E-state index >= 15 is 0 Å². The molecule has 0 saturated heterocycles. The summed E-state index contributed by atoms with van der Waals surface area (Å²) in [6.45, 7) is 6.85. The van der Waals surface area contributed by atoms with Crippen LogP contribution >= 0.6 is 7.82 Å². The van der Waals surface area contributed by atoms with Gasteiger partial charge in [-0.15, -0.1) is 0 Å². The second kappa shape index (κ2) is 61.1. The molecule has 0 aliphatic heterocycles. The number of phosphoric ester groups is 1. The molecule has 476 valence electrons. The van der Waals surface area contributed by atoms with Gasteiger partial charge in [0.1, 0.15) is 19.3 Å². The summed E-state index contributed by atoms with van der Waals surface area (Å²) in [5.74, 6) is -0.529. The Kier molecular flexibility index (Phi) is 59.5. The zero-order valence-corrected chi connectivity index (χ0v) is 55.4. The lowest BCUT2D eigenvalue weighted by Gasteiger charge is -2.30. The zero-order chi connectivity index (χ0) is 59.3. The van der Waals surface area contributed by atoms with E-state index in [1.54, 1.807) is 0 Å². The number of carbonyl (C=O) groups is 2. The number of likely N-dealkylation sites (N-methyl/N-ethyl adjacent to an activating group) is 1. The third-order valence-electron chi connectivity index (χ3n) is 15.7. The van der Waals surface area contributed by atoms with Crippen molar-refractivity contribution in [2.45, 2.75) is 354 Å². The molecule has 0 fully saturated rings. The Morgan fingerprint density at radius 2 is 0.753 bits per heavy atom. The summed E-state index contributed by atoms with van der Waals surface area (Å²) in [4.78, 5) is 40.1. The molecule has 0 spiro atoms. The van der Waals surface area contributed by atoms with Crippen LogP contribution in [0.4, 0.5) is 0 Å². The average molecular weight is 1160 g/mol. The highest BCUT2D eigenvalue weighted by molar-refractivity contribution is 7.45. The molecule has 9 nitrogen and oxygen atoms in total. The number of quaternary nitrogens is 1. The summed E-state index contributed by atoms with van der Waals surface area (Å²) in [6, 6.07) is -0.888. The second-order valence-corrected chi connectivity index (χ2v) is 26.4. The van der Waals surface area contributed by atoms with Gasteiger partial charge in [-0.25, -0.2) is 0 Å². The number of unbranched alkanes of at least 4 members (excludes halogenated alkanes) is 42. The van der Waals surface area contributed by atoms with Crippen molar-refractivity contribution < 1.29 is 37.3 Å². The number of amides is 1. The third kappa shape index (κ3) is 62.3. The first-order valence-electron chi connectivity index (χ1n) is 34.9. The summed E-state index contributed by atoms with van der Waals surface area (Å²) in [6.07, 6.45) is 76.6. The van der Waals surface area contributed by atoms with E-state index in [4.69, 9.17) is 13.8 Å². The van der Waals surface area contributed by atoms with Crippen LogP contribution in [0.15, 0.2) is 48.6 Å². The first-order chi connectivity index (χ1) is 39.4. The molecule has 0 saturated carbocycles. The lowest BCUT2D eigenvalue weighted by molar-refractivity contribution is -0.870. The van der Waals surface area contributed by atoms with Crippen LogP contribution in [0.25, 0.3) is 0 Å². The Balaban J connectivity index is 5.04. The van der Waals surface area contributed by atoms with Gasteiger partial charge in [0.25, 0.3) is 7.82 Å². The van der Waals surface area contributed by atoms with Crippen LogP contribution in [0, 0.1) is 0 Å². The van der Waals surface area contributed by atoms with Crippen molar-refractivity contribution in [3.8, 4) is 0 Å². The highest BCUT2D eigenvalue weighted by Crippen LogP contribution is 2.38. The average Bonchev–Trinajstić information content (AvgIpc) is 3.43. The molecular formula is C71H135N2O7P. The summed E-state index contributed by atoms with van der Waals surface area (Å²) < 4.78 is 30.4. The van der Waals surface area contributed by atoms with Crippen LogP contribution in [-0.4, -0.2) is 69.4 Å². The molecule has 0 aromatic heterocycles. The fraction of sp³-hybridized carbons (Fsp3) is 0.859. The monoisotopic (exact) mass is 1160 g/mol. The lowest BCUT2D eigenvalue weighted by atomic mass is 10.0. The number of nitrogens with one attached hydrogen (secondary N) is 1. The number of nitrogens with zero attached hydrogens (tertiary/aromatic N) is 1. The molecule has 0 heterocycles. The molecule has 3 atom stereocenters. The highest BCUT2D eigenvalue weighted by atomic mass is 31.2. The minimum absolute atomic E-state index is 0.0213. The van der Waals surface area contributed by atoms with Crippen molar-refractivity contribution in [3.05, 3.63) is 48.6 Å². The fourth-order valence-corrected chi connectivity index (χ4v) is 11.0. The number of allylic oxidation sites excluding steroid dienone is 7. The quantitative estimate of drug-likeness (QED) is 0.0212. The predicted molar refractivity (Wildman–Crippen MR) is 349 cm³/mol. The number of rotatable bonds is 64. The Labute approximate surface area is 503 Å². The minimum atomic E-state index is -4.70. The van der Waals surface area contributed by atoms with E-state index in [1.165, 1.54) is 244 Å². The molecule has 1 amide bonds. The molecule has 81 heavy (non-hydrogen) atoms. The lowest BCUT2D eigenvalue weighted by Crippen LogP contribution is -2.47. The summed E-state index contributed by atoms with van der Waals surface area (Å²) in [7, 11) is 1.20. The molecule has 0 aliphatic carbocycles. The fourth-order valence-electron chi connectivity index (χ4n) is 10.3. The highest BCUT2D eigenvalue weighted by Gasteiger charge is 2.27. The summed E-state index contributed by atoms with van der Waals surface area (Å²) >= 11 is 0. The van der Waals surface area contributed by atoms with E-state index in [9.17, 15) is 19.0 Å². The van der Waals surface area contributed by atoms with Gasteiger partial charge >= 0.3 is 5.97 Å². The van der Waals surface area contributed by atoms with Gasteiger partial charge in [-0.1, -0.05) is 288 Å². The molecule has 0 radical (unpaired) electrons. The Bertz CT molecular complexity index is 1520. The van der Waals surface area contributed by atoms with Crippen LogP contribution in [0.1, 0.15) is 342 Å². The van der Waals surface area contributed by atoms with Gasteiger partial charge < -0.3 is 28.5 Å². The molecule has 0 rings (SSSR count). The number of ether oxygens (including phenoxy) is 1. The van der Waals surface area contributed by atoms with Gasteiger partial charge in [-0.2, -0.15) is 0 Å². The molecule has 0 aromatic carbocycles. The topological polar surface area (TPSA) is 114 Å². The maximum atomic E-state index is 13.6. The van der Waals surface area contributed by atoms with Crippen molar-refractivity contribution in [2.75, 3.05) is 40.9 Å². The van der Waals surface area contributed by atoms with E-state index in [0.29, 0.717) is 17.4 Å². The van der Waals surface area contributed by atoms with E-state index in [1.807, 2.05) is 33.3 Å². The van der Waals surface area contributed by atoms with Crippen molar-refractivity contribution in [3.63, 3.8) is 0 Å². The van der Waals surface area contributed by atoms with Crippen LogP contribution in [0.2, 0.25) is 0 Å². The van der Waals surface area contributed by atoms with Gasteiger partial charge in [-0.3, -0.25) is 14.2 Å². The van der Waals surface area contributed by atoms with E-state index in [2.05, 4.69) is 62.5 Å². The molecular weight excluding hydrogens is 1020 g/mol. The van der Waals surface area contributed by atoms with Crippen LogP contribution in [0.3, 0.4) is 0 Å². The second-order valence-electron chi connectivity index (χ2n) is 25.0. The van der Waals surface area contributed by atoms with Crippen LogP contribution in [0.5, 0.6) is 0 Å². The van der Waals surface area contributed by atoms with Gasteiger partial charge in [0.15, 0.2) is 0 Å². The molecule has 0 aliphatic rings. The normalized spacial score (nSPS) is 13.8. The van der Waals surface area contributed by atoms with Gasteiger partial charge in [0.2, 0.25) is 5.91 Å². The van der Waals surface area contributed by atoms with Gasteiger partial charge in [-0.05, 0) is 89.5 Å².